The Morgan fingerprint density at radius 1 is 1.11 bits per heavy atom. The number of rotatable bonds is 2. The molecule has 1 aliphatic heterocycles. The molecule has 104 valence electrons. The van der Waals surface area contributed by atoms with Crippen LogP contribution in [0.15, 0.2) is 11.3 Å². The predicted octanol–water partition coefficient (Wildman–Crippen LogP) is 3.13. The topological polar surface area (TPSA) is 32.3 Å². The van der Waals surface area contributed by atoms with Gasteiger partial charge >= 0.3 is 0 Å². The molecule has 18 heavy (non-hydrogen) atoms. The summed E-state index contributed by atoms with van der Waals surface area (Å²) in [5.41, 5.74) is 1.90. The fourth-order valence-corrected chi connectivity index (χ4v) is 2.39. The van der Waals surface area contributed by atoms with E-state index in [1.165, 1.54) is 0 Å². The van der Waals surface area contributed by atoms with E-state index in [1.54, 1.807) is 0 Å². The van der Waals surface area contributed by atoms with Gasteiger partial charge in [-0.1, -0.05) is 48.5 Å². The van der Waals surface area contributed by atoms with E-state index in [9.17, 15) is 4.79 Å². The third-order valence-corrected chi connectivity index (χ3v) is 3.19. The average molecular weight is 252 g/mol. The lowest BCUT2D eigenvalue weighted by molar-refractivity contribution is -0.129. The summed E-state index contributed by atoms with van der Waals surface area (Å²) in [5, 5.41) is 3.47. The third-order valence-electron chi connectivity index (χ3n) is 3.19. The predicted molar refractivity (Wildman–Crippen MR) is 75.9 cm³/mol. The van der Waals surface area contributed by atoms with E-state index >= 15 is 0 Å². The van der Waals surface area contributed by atoms with Crippen molar-refractivity contribution in [1.29, 1.82) is 0 Å². The molecule has 1 amide bonds. The number of carbonyl (C=O) groups is 1. The Morgan fingerprint density at radius 3 is 2.06 bits per heavy atom. The van der Waals surface area contributed by atoms with Crippen molar-refractivity contribution in [3.05, 3.63) is 11.3 Å². The number of nitrogens with one attached hydrogen (secondary N) is 1. The molecule has 0 spiro atoms. The van der Waals surface area contributed by atoms with Crippen molar-refractivity contribution in [1.82, 2.24) is 10.2 Å². The molecular weight excluding hydrogens is 224 g/mol. The van der Waals surface area contributed by atoms with Crippen LogP contribution in [0.1, 0.15) is 54.9 Å². The monoisotopic (exact) mass is 252 g/mol. The molecule has 0 unspecified atom stereocenters. The van der Waals surface area contributed by atoms with Crippen LogP contribution in [-0.4, -0.2) is 24.0 Å². The molecule has 0 aromatic carbocycles. The summed E-state index contributed by atoms with van der Waals surface area (Å²) in [6.07, 6.45) is 0.996. The SMILES string of the molecule is CCCN1CNC(C(C)(C)C)=C(C(C)(C)C)C1=O. The molecule has 0 aliphatic carbocycles. The lowest BCUT2D eigenvalue weighted by atomic mass is 9.77. The van der Waals surface area contributed by atoms with Gasteiger partial charge in [0, 0.05) is 23.2 Å². The summed E-state index contributed by atoms with van der Waals surface area (Å²) in [7, 11) is 0. The van der Waals surface area contributed by atoms with E-state index in [-0.39, 0.29) is 16.7 Å². The van der Waals surface area contributed by atoms with Crippen molar-refractivity contribution >= 4 is 5.91 Å². The summed E-state index contributed by atoms with van der Waals surface area (Å²) in [6.45, 7) is 16.4. The quantitative estimate of drug-likeness (QED) is 0.819. The van der Waals surface area contributed by atoms with Crippen molar-refractivity contribution in [2.45, 2.75) is 54.9 Å². The molecule has 1 aliphatic rings. The first-order valence-electron chi connectivity index (χ1n) is 6.87. The van der Waals surface area contributed by atoms with E-state index in [2.05, 4.69) is 53.8 Å². The zero-order chi connectivity index (χ0) is 14.1. The van der Waals surface area contributed by atoms with Gasteiger partial charge in [0.1, 0.15) is 0 Å². The maximum absolute atomic E-state index is 12.6. The van der Waals surface area contributed by atoms with Crippen LogP contribution in [0, 0.1) is 10.8 Å². The highest BCUT2D eigenvalue weighted by molar-refractivity contribution is 5.96. The Balaban J connectivity index is 3.25. The number of amides is 1. The Morgan fingerprint density at radius 2 is 1.67 bits per heavy atom. The van der Waals surface area contributed by atoms with E-state index in [1.807, 2.05) is 4.90 Å². The second kappa shape index (κ2) is 4.94. The molecule has 0 radical (unpaired) electrons. The summed E-state index contributed by atoms with van der Waals surface area (Å²) in [5.74, 6) is 0.202. The van der Waals surface area contributed by atoms with Gasteiger partial charge in [-0.25, -0.2) is 0 Å². The first-order chi connectivity index (χ1) is 8.09. The second-order valence-electron chi connectivity index (χ2n) is 7.15. The van der Waals surface area contributed by atoms with Crippen molar-refractivity contribution in [3.63, 3.8) is 0 Å². The third kappa shape index (κ3) is 3.06. The fraction of sp³-hybridized carbons (Fsp3) is 0.800. The maximum Gasteiger partial charge on any atom is 0.253 e. The molecule has 0 aromatic rings. The van der Waals surface area contributed by atoms with Crippen LogP contribution in [-0.2, 0) is 4.79 Å². The first kappa shape index (κ1) is 15.1. The van der Waals surface area contributed by atoms with Crippen LogP contribution >= 0.6 is 0 Å². The van der Waals surface area contributed by atoms with Crippen LogP contribution in [0.25, 0.3) is 0 Å². The fourth-order valence-electron chi connectivity index (χ4n) is 2.39. The molecule has 1 rings (SSSR count). The number of carbonyl (C=O) groups excluding carboxylic acids is 1. The summed E-state index contributed by atoms with van der Waals surface area (Å²) >= 11 is 0. The first-order valence-corrected chi connectivity index (χ1v) is 6.87. The average Bonchev–Trinajstić information content (AvgIpc) is 2.17. The van der Waals surface area contributed by atoms with Crippen LogP contribution in [0.2, 0.25) is 0 Å². The Kier molecular flexibility index (Phi) is 4.14. The van der Waals surface area contributed by atoms with Crippen molar-refractivity contribution in [3.8, 4) is 0 Å². The van der Waals surface area contributed by atoms with Gasteiger partial charge in [-0.05, 0) is 11.8 Å². The highest BCUT2D eigenvalue weighted by Gasteiger charge is 2.37. The minimum Gasteiger partial charge on any atom is -0.370 e. The second-order valence-corrected chi connectivity index (χ2v) is 7.15. The molecule has 0 fully saturated rings. The molecule has 1 N–H and O–H groups in total. The zero-order valence-corrected chi connectivity index (χ0v) is 13.0. The molecule has 0 saturated carbocycles. The van der Waals surface area contributed by atoms with Gasteiger partial charge in [-0.15, -0.1) is 0 Å². The van der Waals surface area contributed by atoms with E-state index in [4.69, 9.17) is 0 Å². The van der Waals surface area contributed by atoms with Crippen molar-refractivity contribution in [2.24, 2.45) is 10.8 Å². The molecule has 3 nitrogen and oxygen atoms in total. The van der Waals surface area contributed by atoms with E-state index in [0.29, 0.717) is 6.67 Å². The molecule has 0 aromatic heterocycles. The van der Waals surface area contributed by atoms with E-state index < -0.39 is 0 Å². The van der Waals surface area contributed by atoms with Gasteiger partial charge in [0.25, 0.3) is 5.91 Å². The Bertz CT molecular complexity index is 356. The lowest BCUT2D eigenvalue weighted by Crippen LogP contribution is -2.50. The van der Waals surface area contributed by atoms with Crippen LogP contribution in [0.5, 0.6) is 0 Å². The van der Waals surface area contributed by atoms with Gasteiger partial charge in [0.15, 0.2) is 0 Å². The van der Waals surface area contributed by atoms with Gasteiger partial charge in [-0.2, -0.15) is 0 Å². The number of allylic oxidation sites excluding steroid dienone is 1. The Hall–Kier alpha value is -0.990. The van der Waals surface area contributed by atoms with Crippen LogP contribution in [0.3, 0.4) is 0 Å². The van der Waals surface area contributed by atoms with Crippen molar-refractivity contribution in [2.75, 3.05) is 13.2 Å². The van der Waals surface area contributed by atoms with Gasteiger partial charge in [0.2, 0.25) is 0 Å². The standard InChI is InChI=1S/C15H28N2O/c1-8-9-17-10-16-12(15(5,6)7)11(13(17)18)14(2,3)4/h16H,8-10H2,1-7H3. The minimum absolute atomic E-state index is 0.0173. The number of nitrogens with zero attached hydrogens (tertiary/aromatic N) is 1. The van der Waals surface area contributed by atoms with Crippen molar-refractivity contribution < 1.29 is 4.79 Å². The van der Waals surface area contributed by atoms with E-state index in [0.717, 1.165) is 24.2 Å². The minimum atomic E-state index is -0.126. The molecule has 1 heterocycles. The number of hydrogen-bond acceptors (Lipinski definition) is 2. The summed E-state index contributed by atoms with van der Waals surface area (Å²) in [4.78, 5) is 14.6. The van der Waals surface area contributed by atoms with Gasteiger partial charge in [-0.3, -0.25) is 4.79 Å². The highest BCUT2D eigenvalue weighted by atomic mass is 16.2. The molecular formula is C15H28N2O. The van der Waals surface area contributed by atoms with Crippen LogP contribution in [0.4, 0.5) is 0 Å². The molecule has 3 heteroatoms. The zero-order valence-electron chi connectivity index (χ0n) is 13.0. The Labute approximate surface area is 112 Å². The lowest BCUT2D eigenvalue weighted by Gasteiger charge is -2.40. The summed E-state index contributed by atoms with van der Waals surface area (Å²) < 4.78 is 0. The smallest absolute Gasteiger partial charge is 0.253 e. The highest BCUT2D eigenvalue weighted by Crippen LogP contribution is 2.37. The normalized spacial score (nSPS) is 18.2. The molecule has 0 bridgehead atoms. The maximum atomic E-state index is 12.6. The van der Waals surface area contributed by atoms with Gasteiger partial charge in [0.05, 0.1) is 6.67 Å². The van der Waals surface area contributed by atoms with Crippen LogP contribution < -0.4 is 5.32 Å². The molecule has 0 saturated heterocycles. The largest absolute Gasteiger partial charge is 0.370 e. The number of hydrogen-bond donors (Lipinski definition) is 1. The van der Waals surface area contributed by atoms with Gasteiger partial charge < -0.3 is 10.2 Å². The molecule has 0 atom stereocenters. The summed E-state index contributed by atoms with van der Waals surface area (Å²) in [6, 6.07) is 0.